The second kappa shape index (κ2) is 7.07. The van der Waals surface area contributed by atoms with Crippen LogP contribution in [0.1, 0.15) is 24.2 Å². The molecule has 5 heterocycles. The molecule has 0 N–H and O–H groups in total. The van der Waals surface area contributed by atoms with Crippen molar-refractivity contribution in [2.45, 2.75) is 26.2 Å². The Hall–Kier alpha value is -3.22. The SMILES string of the molecule is Cc1ccnc(N2CCC(Cc3noc(-c4cc5cnccc5o4)n3)CC2)c1. The summed E-state index contributed by atoms with van der Waals surface area (Å²) in [6, 6.07) is 7.89. The van der Waals surface area contributed by atoms with Crippen molar-refractivity contribution in [1.82, 2.24) is 20.1 Å². The largest absolute Gasteiger partial charge is 0.451 e. The summed E-state index contributed by atoms with van der Waals surface area (Å²) >= 11 is 0. The van der Waals surface area contributed by atoms with Crippen LogP contribution >= 0.6 is 0 Å². The molecule has 7 nitrogen and oxygen atoms in total. The first-order valence-corrected chi connectivity index (χ1v) is 9.59. The summed E-state index contributed by atoms with van der Waals surface area (Å²) in [6.07, 6.45) is 8.35. The van der Waals surface area contributed by atoms with Crippen molar-refractivity contribution in [3.8, 4) is 11.7 Å². The molecule has 0 amide bonds. The standard InChI is InChI=1S/C21H21N5O2/c1-14-2-7-23-20(10-14)26-8-4-15(5-9-26)11-19-24-21(28-25-19)18-12-16-13-22-6-3-17(16)27-18/h2-3,6-7,10,12-13,15H,4-5,8-9,11H2,1H3. The van der Waals surface area contributed by atoms with E-state index in [4.69, 9.17) is 8.94 Å². The Bertz CT molecular complexity index is 1060. The Balaban J connectivity index is 1.23. The number of hydrogen-bond donors (Lipinski definition) is 0. The molecule has 0 saturated carbocycles. The van der Waals surface area contributed by atoms with Crippen molar-refractivity contribution in [3.05, 3.63) is 54.2 Å². The van der Waals surface area contributed by atoms with Crippen LogP contribution in [-0.2, 0) is 6.42 Å². The van der Waals surface area contributed by atoms with Gasteiger partial charge < -0.3 is 13.8 Å². The van der Waals surface area contributed by atoms with Crippen LogP contribution in [0.5, 0.6) is 0 Å². The summed E-state index contributed by atoms with van der Waals surface area (Å²) in [6.45, 7) is 4.11. The van der Waals surface area contributed by atoms with Crippen LogP contribution in [0.15, 0.2) is 51.8 Å². The molecule has 5 rings (SSSR count). The Labute approximate surface area is 162 Å². The molecule has 1 aliphatic rings. The lowest BCUT2D eigenvalue weighted by molar-refractivity contribution is 0.375. The summed E-state index contributed by atoms with van der Waals surface area (Å²) in [5, 5.41) is 5.08. The maximum absolute atomic E-state index is 5.78. The van der Waals surface area contributed by atoms with Gasteiger partial charge in [0.05, 0.1) is 0 Å². The Morgan fingerprint density at radius 1 is 1.14 bits per heavy atom. The predicted molar refractivity (Wildman–Crippen MR) is 105 cm³/mol. The van der Waals surface area contributed by atoms with Crippen molar-refractivity contribution in [1.29, 1.82) is 0 Å². The number of aromatic nitrogens is 4. The zero-order valence-electron chi connectivity index (χ0n) is 15.7. The highest BCUT2D eigenvalue weighted by molar-refractivity contribution is 5.80. The first-order valence-electron chi connectivity index (χ1n) is 9.59. The summed E-state index contributed by atoms with van der Waals surface area (Å²) in [5.41, 5.74) is 2.01. The number of pyridine rings is 2. The average Bonchev–Trinajstić information content (AvgIpc) is 3.35. The van der Waals surface area contributed by atoms with E-state index >= 15 is 0 Å². The number of anilines is 1. The van der Waals surface area contributed by atoms with E-state index in [0.29, 0.717) is 17.6 Å². The third kappa shape index (κ3) is 3.35. The highest BCUT2D eigenvalue weighted by Crippen LogP contribution is 2.28. The third-order valence-electron chi connectivity index (χ3n) is 5.31. The highest BCUT2D eigenvalue weighted by Gasteiger charge is 2.23. The molecule has 1 aliphatic heterocycles. The molecular formula is C21H21N5O2. The molecule has 4 aromatic heterocycles. The van der Waals surface area contributed by atoms with E-state index in [9.17, 15) is 0 Å². The lowest BCUT2D eigenvalue weighted by Crippen LogP contribution is -2.35. The van der Waals surface area contributed by atoms with E-state index in [0.717, 1.165) is 55.0 Å². The molecule has 1 fully saturated rings. The van der Waals surface area contributed by atoms with Crippen molar-refractivity contribution >= 4 is 16.8 Å². The van der Waals surface area contributed by atoms with Crippen LogP contribution in [-0.4, -0.2) is 33.2 Å². The molecule has 0 aliphatic carbocycles. The van der Waals surface area contributed by atoms with Crippen molar-refractivity contribution in [3.63, 3.8) is 0 Å². The number of rotatable bonds is 4. The van der Waals surface area contributed by atoms with E-state index in [-0.39, 0.29) is 0 Å². The van der Waals surface area contributed by atoms with Gasteiger partial charge in [0.15, 0.2) is 11.6 Å². The van der Waals surface area contributed by atoms with Gasteiger partial charge in [0, 0.05) is 43.5 Å². The monoisotopic (exact) mass is 375 g/mol. The van der Waals surface area contributed by atoms with Gasteiger partial charge in [0.1, 0.15) is 11.4 Å². The average molecular weight is 375 g/mol. The molecule has 142 valence electrons. The van der Waals surface area contributed by atoms with E-state index in [1.54, 1.807) is 12.4 Å². The zero-order valence-corrected chi connectivity index (χ0v) is 15.7. The molecule has 1 saturated heterocycles. The second-order valence-electron chi connectivity index (χ2n) is 7.37. The Kier molecular flexibility index (Phi) is 4.27. The molecule has 4 aromatic rings. The van der Waals surface area contributed by atoms with Gasteiger partial charge in [-0.05, 0) is 55.5 Å². The predicted octanol–water partition coefficient (Wildman–Crippen LogP) is 4.04. The topological polar surface area (TPSA) is 81.1 Å². The molecule has 0 spiro atoms. The minimum absolute atomic E-state index is 0.424. The fraction of sp³-hybridized carbons (Fsp3) is 0.333. The number of furan rings is 1. The summed E-state index contributed by atoms with van der Waals surface area (Å²) < 4.78 is 11.2. The summed E-state index contributed by atoms with van der Waals surface area (Å²) in [5.74, 6) is 3.36. The Morgan fingerprint density at radius 2 is 2.04 bits per heavy atom. The minimum atomic E-state index is 0.424. The number of piperidine rings is 1. The molecule has 0 radical (unpaired) electrons. The molecular weight excluding hydrogens is 354 g/mol. The highest BCUT2D eigenvalue weighted by atomic mass is 16.5. The smallest absolute Gasteiger partial charge is 0.293 e. The van der Waals surface area contributed by atoms with Crippen LogP contribution in [0.3, 0.4) is 0 Å². The van der Waals surface area contributed by atoms with Crippen molar-refractivity contribution in [2.24, 2.45) is 5.92 Å². The van der Waals surface area contributed by atoms with E-state index < -0.39 is 0 Å². The van der Waals surface area contributed by atoms with Gasteiger partial charge in [-0.15, -0.1) is 0 Å². The fourth-order valence-corrected chi connectivity index (χ4v) is 3.74. The summed E-state index contributed by atoms with van der Waals surface area (Å²) in [4.78, 5) is 15.5. The first-order chi connectivity index (χ1) is 13.7. The van der Waals surface area contributed by atoms with Gasteiger partial charge in [-0.1, -0.05) is 5.16 Å². The van der Waals surface area contributed by atoms with Gasteiger partial charge in [-0.2, -0.15) is 4.98 Å². The number of fused-ring (bicyclic) bond motifs is 1. The Morgan fingerprint density at radius 3 is 2.86 bits per heavy atom. The lowest BCUT2D eigenvalue weighted by Gasteiger charge is -2.32. The second-order valence-corrected chi connectivity index (χ2v) is 7.37. The van der Waals surface area contributed by atoms with Crippen LogP contribution in [0.25, 0.3) is 22.6 Å². The van der Waals surface area contributed by atoms with Crippen LogP contribution in [0.4, 0.5) is 5.82 Å². The van der Waals surface area contributed by atoms with E-state index in [2.05, 4.69) is 38.0 Å². The van der Waals surface area contributed by atoms with Gasteiger partial charge in [0.2, 0.25) is 0 Å². The van der Waals surface area contributed by atoms with Crippen molar-refractivity contribution < 1.29 is 8.94 Å². The van der Waals surface area contributed by atoms with Crippen LogP contribution in [0, 0.1) is 12.8 Å². The minimum Gasteiger partial charge on any atom is -0.451 e. The van der Waals surface area contributed by atoms with E-state index in [1.807, 2.05) is 24.4 Å². The molecule has 0 aromatic carbocycles. The molecule has 0 unspecified atom stereocenters. The molecule has 7 heteroatoms. The molecule has 0 atom stereocenters. The third-order valence-corrected chi connectivity index (χ3v) is 5.31. The fourth-order valence-electron chi connectivity index (χ4n) is 3.74. The first kappa shape index (κ1) is 16.9. The molecule has 28 heavy (non-hydrogen) atoms. The maximum Gasteiger partial charge on any atom is 0.293 e. The number of hydrogen-bond acceptors (Lipinski definition) is 7. The number of nitrogens with zero attached hydrogens (tertiary/aromatic N) is 5. The van der Waals surface area contributed by atoms with E-state index in [1.165, 1.54) is 5.56 Å². The molecule has 0 bridgehead atoms. The summed E-state index contributed by atoms with van der Waals surface area (Å²) in [7, 11) is 0. The van der Waals surface area contributed by atoms with Gasteiger partial charge in [0.25, 0.3) is 5.89 Å². The number of aryl methyl sites for hydroxylation is 1. The van der Waals surface area contributed by atoms with Gasteiger partial charge in [-0.25, -0.2) is 4.98 Å². The van der Waals surface area contributed by atoms with Crippen molar-refractivity contribution in [2.75, 3.05) is 18.0 Å². The quantitative estimate of drug-likeness (QED) is 0.532. The van der Waals surface area contributed by atoms with Crippen LogP contribution in [0.2, 0.25) is 0 Å². The van der Waals surface area contributed by atoms with Gasteiger partial charge in [-0.3, -0.25) is 4.98 Å². The van der Waals surface area contributed by atoms with Crippen LogP contribution < -0.4 is 4.90 Å². The van der Waals surface area contributed by atoms with Gasteiger partial charge >= 0.3 is 0 Å². The lowest BCUT2D eigenvalue weighted by atomic mass is 9.93. The maximum atomic E-state index is 5.78. The normalized spacial score (nSPS) is 15.4. The zero-order chi connectivity index (χ0) is 18.9.